The largest absolute Gasteiger partial charge is 0.477 e. The molecule has 16 heavy (non-hydrogen) atoms. The van der Waals surface area contributed by atoms with Crippen LogP contribution < -0.4 is 4.90 Å². The van der Waals surface area contributed by atoms with E-state index in [9.17, 15) is 9.90 Å². The Morgan fingerprint density at radius 1 is 1.56 bits per heavy atom. The summed E-state index contributed by atoms with van der Waals surface area (Å²) < 4.78 is 0. The zero-order valence-electron chi connectivity index (χ0n) is 9.05. The standard InChI is InChI=1S/C11H14N2O3/c1-11(16)4-5-13(7-11)8-2-3-9(10(14)15)12-6-8/h2-3,6,16H,4-5,7H2,1H3,(H,14,15). The predicted octanol–water partition coefficient (Wildman–Crippen LogP) is 0.741. The van der Waals surface area contributed by atoms with Crippen LogP contribution in [-0.2, 0) is 0 Å². The van der Waals surface area contributed by atoms with Crippen molar-refractivity contribution in [3.05, 3.63) is 24.0 Å². The van der Waals surface area contributed by atoms with Gasteiger partial charge in [0.15, 0.2) is 0 Å². The van der Waals surface area contributed by atoms with Crippen LogP contribution in [0.5, 0.6) is 0 Å². The molecule has 1 fully saturated rings. The number of carboxylic acids is 1. The van der Waals surface area contributed by atoms with E-state index in [0.717, 1.165) is 12.2 Å². The van der Waals surface area contributed by atoms with Gasteiger partial charge in [-0.25, -0.2) is 9.78 Å². The number of aromatic nitrogens is 1. The lowest BCUT2D eigenvalue weighted by molar-refractivity contribution is 0.0690. The molecule has 1 atom stereocenters. The van der Waals surface area contributed by atoms with E-state index in [1.807, 2.05) is 4.90 Å². The summed E-state index contributed by atoms with van der Waals surface area (Å²) in [5.74, 6) is -1.03. The van der Waals surface area contributed by atoms with E-state index in [2.05, 4.69) is 4.98 Å². The number of carbonyl (C=O) groups is 1. The maximum Gasteiger partial charge on any atom is 0.354 e. The minimum atomic E-state index is -1.03. The highest BCUT2D eigenvalue weighted by Crippen LogP contribution is 2.25. The summed E-state index contributed by atoms with van der Waals surface area (Å²) in [5.41, 5.74) is 0.225. The van der Waals surface area contributed by atoms with Gasteiger partial charge in [-0.1, -0.05) is 0 Å². The molecule has 86 valence electrons. The lowest BCUT2D eigenvalue weighted by Crippen LogP contribution is -2.29. The Bertz CT molecular complexity index is 400. The van der Waals surface area contributed by atoms with Crippen molar-refractivity contribution in [2.45, 2.75) is 18.9 Å². The van der Waals surface area contributed by atoms with Gasteiger partial charge >= 0.3 is 5.97 Å². The summed E-state index contributed by atoms with van der Waals surface area (Å²) in [6.07, 6.45) is 2.25. The number of pyridine rings is 1. The average molecular weight is 222 g/mol. The third-order valence-corrected chi connectivity index (χ3v) is 2.78. The van der Waals surface area contributed by atoms with Crippen molar-refractivity contribution >= 4 is 11.7 Å². The molecule has 0 amide bonds. The first-order valence-electron chi connectivity index (χ1n) is 5.15. The van der Waals surface area contributed by atoms with Crippen LogP contribution in [0.2, 0.25) is 0 Å². The molecule has 1 aromatic heterocycles. The number of carboxylic acid groups (broad SMARTS) is 1. The molecule has 1 aromatic rings. The van der Waals surface area contributed by atoms with Crippen LogP contribution in [0.3, 0.4) is 0 Å². The minimum absolute atomic E-state index is 0.0368. The second-order valence-corrected chi connectivity index (χ2v) is 4.38. The van der Waals surface area contributed by atoms with Crippen LogP contribution in [0.25, 0.3) is 0 Å². The second kappa shape index (κ2) is 3.75. The number of rotatable bonds is 2. The maximum atomic E-state index is 10.6. The van der Waals surface area contributed by atoms with E-state index < -0.39 is 11.6 Å². The molecular weight excluding hydrogens is 208 g/mol. The summed E-state index contributed by atoms with van der Waals surface area (Å²) in [7, 11) is 0. The van der Waals surface area contributed by atoms with E-state index in [-0.39, 0.29) is 5.69 Å². The Hall–Kier alpha value is -1.62. The maximum absolute atomic E-state index is 10.6. The summed E-state index contributed by atoms with van der Waals surface area (Å²) in [4.78, 5) is 16.5. The van der Waals surface area contributed by atoms with E-state index in [4.69, 9.17) is 5.11 Å². The second-order valence-electron chi connectivity index (χ2n) is 4.38. The van der Waals surface area contributed by atoms with Crippen LogP contribution in [0.4, 0.5) is 5.69 Å². The number of hydrogen-bond acceptors (Lipinski definition) is 4. The van der Waals surface area contributed by atoms with Crippen molar-refractivity contribution in [3.63, 3.8) is 0 Å². The molecule has 0 spiro atoms. The molecule has 0 bridgehead atoms. The monoisotopic (exact) mass is 222 g/mol. The fourth-order valence-electron chi connectivity index (χ4n) is 1.87. The first kappa shape index (κ1) is 10.9. The van der Waals surface area contributed by atoms with Crippen molar-refractivity contribution in [2.24, 2.45) is 0 Å². The van der Waals surface area contributed by atoms with Crippen molar-refractivity contribution in [1.82, 2.24) is 4.98 Å². The SMILES string of the molecule is CC1(O)CCN(c2ccc(C(=O)O)nc2)C1. The van der Waals surface area contributed by atoms with E-state index in [0.29, 0.717) is 13.0 Å². The molecule has 0 radical (unpaired) electrons. The number of β-amino-alcohol motifs (C(OH)–C–C–N with tert-alkyl or cyclic N) is 1. The Labute approximate surface area is 93.3 Å². The first-order chi connectivity index (χ1) is 7.48. The highest BCUT2D eigenvalue weighted by molar-refractivity contribution is 5.85. The van der Waals surface area contributed by atoms with Crippen molar-refractivity contribution in [2.75, 3.05) is 18.0 Å². The summed E-state index contributed by atoms with van der Waals surface area (Å²) >= 11 is 0. The molecule has 0 aliphatic carbocycles. The predicted molar refractivity (Wildman–Crippen MR) is 58.7 cm³/mol. The van der Waals surface area contributed by atoms with Gasteiger partial charge in [0, 0.05) is 13.1 Å². The zero-order valence-corrected chi connectivity index (χ0v) is 9.05. The molecule has 5 nitrogen and oxygen atoms in total. The molecule has 0 aromatic carbocycles. The van der Waals surface area contributed by atoms with Gasteiger partial charge in [0.05, 0.1) is 17.5 Å². The Morgan fingerprint density at radius 2 is 2.31 bits per heavy atom. The summed E-state index contributed by atoms with van der Waals surface area (Å²) in [6, 6.07) is 3.20. The Morgan fingerprint density at radius 3 is 2.75 bits per heavy atom. The molecule has 1 aliphatic heterocycles. The third-order valence-electron chi connectivity index (χ3n) is 2.78. The molecule has 1 saturated heterocycles. The van der Waals surface area contributed by atoms with Crippen molar-refractivity contribution < 1.29 is 15.0 Å². The fourth-order valence-corrected chi connectivity index (χ4v) is 1.87. The summed E-state index contributed by atoms with van der Waals surface area (Å²) in [5, 5.41) is 18.5. The van der Waals surface area contributed by atoms with Gasteiger partial charge in [-0.15, -0.1) is 0 Å². The van der Waals surface area contributed by atoms with Crippen LogP contribution in [0, 0.1) is 0 Å². The fraction of sp³-hybridized carbons (Fsp3) is 0.455. The number of anilines is 1. The topological polar surface area (TPSA) is 73.7 Å². The van der Waals surface area contributed by atoms with Gasteiger partial charge in [-0.05, 0) is 25.5 Å². The van der Waals surface area contributed by atoms with Crippen molar-refractivity contribution in [1.29, 1.82) is 0 Å². The van der Waals surface area contributed by atoms with Crippen LogP contribution >= 0.6 is 0 Å². The van der Waals surface area contributed by atoms with Gasteiger partial charge in [-0.2, -0.15) is 0 Å². The lowest BCUT2D eigenvalue weighted by atomic mass is 10.1. The molecule has 1 unspecified atom stereocenters. The lowest BCUT2D eigenvalue weighted by Gasteiger charge is -2.20. The third kappa shape index (κ3) is 2.14. The van der Waals surface area contributed by atoms with E-state index >= 15 is 0 Å². The number of aromatic carboxylic acids is 1. The highest BCUT2D eigenvalue weighted by atomic mass is 16.4. The number of nitrogens with zero attached hydrogens (tertiary/aromatic N) is 2. The highest BCUT2D eigenvalue weighted by Gasteiger charge is 2.31. The average Bonchev–Trinajstić information content (AvgIpc) is 2.59. The Balaban J connectivity index is 2.14. The van der Waals surface area contributed by atoms with Gasteiger partial charge in [-0.3, -0.25) is 0 Å². The smallest absolute Gasteiger partial charge is 0.354 e. The Kier molecular flexibility index (Phi) is 2.55. The molecule has 2 rings (SSSR count). The van der Waals surface area contributed by atoms with Gasteiger partial charge in [0.2, 0.25) is 0 Å². The van der Waals surface area contributed by atoms with E-state index in [1.165, 1.54) is 12.3 Å². The molecule has 5 heteroatoms. The zero-order chi connectivity index (χ0) is 11.8. The van der Waals surface area contributed by atoms with Crippen LogP contribution in [-0.4, -0.2) is 39.9 Å². The van der Waals surface area contributed by atoms with Crippen molar-refractivity contribution in [3.8, 4) is 0 Å². The first-order valence-corrected chi connectivity index (χ1v) is 5.15. The number of aliphatic hydroxyl groups is 1. The normalized spacial score (nSPS) is 24.8. The molecule has 1 aliphatic rings. The minimum Gasteiger partial charge on any atom is -0.477 e. The number of hydrogen-bond donors (Lipinski definition) is 2. The molecule has 2 N–H and O–H groups in total. The summed E-state index contributed by atoms with van der Waals surface area (Å²) in [6.45, 7) is 3.12. The van der Waals surface area contributed by atoms with E-state index in [1.54, 1.807) is 13.0 Å². The molecule has 0 saturated carbocycles. The van der Waals surface area contributed by atoms with Gasteiger partial charge < -0.3 is 15.1 Å². The quantitative estimate of drug-likeness (QED) is 0.772. The van der Waals surface area contributed by atoms with Crippen LogP contribution in [0.1, 0.15) is 23.8 Å². The molecule has 2 heterocycles. The van der Waals surface area contributed by atoms with Gasteiger partial charge in [0.25, 0.3) is 0 Å². The van der Waals surface area contributed by atoms with Gasteiger partial charge in [0.1, 0.15) is 5.69 Å². The molecular formula is C11H14N2O3. The van der Waals surface area contributed by atoms with Crippen LogP contribution in [0.15, 0.2) is 18.3 Å².